The van der Waals surface area contributed by atoms with E-state index in [1.807, 2.05) is 4.90 Å². The Kier molecular flexibility index (Phi) is 6.96. The number of piperazine rings is 1. The summed E-state index contributed by atoms with van der Waals surface area (Å²) in [5, 5.41) is 0.520. The zero-order valence-corrected chi connectivity index (χ0v) is 19.4. The van der Waals surface area contributed by atoms with Crippen molar-refractivity contribution in [3.63, 3.8) is 0 Å². The molecule has 33 heavy (non-hydrogen) atoms. The van der Waals surface area contributed by atoms with Crippen LogP contribution in [0.25, 0.3) is 10.9 Å². The number of amides is 1. The minimum Gasteiger partial charge on any atom is -0.365 e. The molecule has 0 bridgehead atoms. The fourth-order valence-electron chi connectivity index (χ4n) is 4.66. The van der Waals surface area contributed by atoms with Gasteiger partial charge in [-0.2, -0.15) is 0 Å². The summed E-state index contributed by atoms with van der Waals surface area (Å²) >= 11 is 0. The first-order chi connectivity index (χ1) is 15.9. The fourth-order valence-corrected chi connectivity index (χ4v) is 4.66. The number of anilines is 1. The fraction of sp³-hybridized carbons (Fsp3) is 0.423. The van der Waals surface area contributed by atoms with Gasteiger partial charge < -0.3 is 14.8 Å². The Morgan fingerprint density at radius 1 is 1.03 bits per heavy atom. The van der Waals surface area contributed by atoms with Gasteiger partial charge in [0.25, 0.3) is 5.56 Å². The van der Waals surface area contributed by atoms with E-state index in [2.05, 4.69) is 48.0 Å². The van der Waals surface area contributed by atoms with Crippen molar-refractivity contribution in [2.24, 2.45) is 0 Å². The lowest BCUT2D eigenvalue weighted by atomic mass is 10.1. The van der Waals surface area contributed by atoms with Gasteiger partial charge in [0.05, 0.1) is 10.9 Å². The molecule has 1 saturated heterocycles. The molecule has 0 saturated carbocycles. The van der Waals surface area contributed by atoms with Crippen LogP contribution in [0, 0.1) is 6.92 Å². The molecule has 1 atom stereocenters. The minimum absolute atomic E-state index is 0.187. The monoisotopic (exact) mass is 448 g/mol. The number of unbranched alkanes of at least 4 members (excludes halogenated alkanes) is 2. The molecule has 4 rings (SSSR count). The first-order valence-corrected chi connectivity index (χ1v) is 11.8. The molecule has 1 aliphatic rings. The van der Waals surface area contributed by atoms with Gasteiger partial charge in [0.1, 0.15) is 0 Å². The summed E-state index contributed by atoms with van der Waals surface area (Å²) < 4.78 is 1.26. The Labute approximate surface area is 193 Å². The number of rotatable bonds is 7. The van der Waals surface area contributed by atoms with E-state index in [0.717, 1.165) is 32.5 Å². The molecule has 0 aliphatic carbocycles. The molecule has 1 amide bonds. The number of nitrogens with zero attached hydrogens (tertiary/aromatic N) is 3. The predicted octanol–water partition coefficient (Wildman–Crippen LogP) is 3.30. The first kappa shape index (κ1) is 22.8. The van der Waals surface area contributed by atoms with Gasteiger partial charge in [0.2, 0.25) is 5.91 Å². The second-order valence-corrected chi connectivity index (χ2v) is 8.96. The van der Waals surface area contributed by atoms with Crippen LogP contribution in [0.4, 0.5) is 5.69 Å². The quantitative estimate of drug-likeness (QED) is 0.563. The van der Waals surface area contributed by atoms with Crippen molar-refractivity contribution in [1.29, 1.82) is 0 Å². The van der Waals surface area contributed by atoms with Crippen molar-refractivity contribution in [3.05, 3.63) is 74.9 Å². The number of fused-ring (bicyclic) bond motifs is 1. The number of H-pyrrole nitrogens is 1. The van der Waals surface area contributed by atoms with E-state index < -0.39 is 0 Å². The highest BCUT2D eigenvalue weighted by atomic mass is 16.2. The van der Waals surface area contributed by atoms with Crippen LogP contribution in [-0.2, 0) is 11.3 Å². The van der Waals surface area contributed by atoms with Crippen LogP contribution in [0.1, 0.15) is 38.2 Å². The number of benzene rings is 2. The first-order valence-electron chi connectivity index (χ1n) is 11.8. The number of aryl methyl sites for hydroxylation is 1. The maximum absolute atomic E-state index is 12.7. The molecule has 1 aromatic heterocycles. The molecule has 174 valence electrons. The Morgan fingerprint density at radius 2 is 1.85 bits per heavy atom. The van der Waals surface area contributed by atoms with Crippen LogP contribution in [0.5, 0.6) is 0 Å². The molecule has 2 aromatic carbocycles. The number of aromatic amines is 1. The van der Waals surface area contributed by atoms with Gasteiger partial charge in [-0.3, -0.25) is 14.2 Å². The zero-order chi connectivity index (χ0) is 23.4. The topological polar surface area (TPSA) is 78.4 Å². The van der Waals surface area contributed by atoms with Crippen LogP contribution in [0.15, 0.2) is 58.1 Å². The van der Waals surface area contributed by atoms with Crippen molar-refractivity contribution >= 4 is 22.5 Å². The Bertz CT molecular complexity index is 1250. The molecule has 0 spiro atoms. The van der Waals surface area contributed by atoms with E-state index in [1.54, 1.807) is 24.3 Å². The molecule has 0 radical (unpaired) electrons. The second-order valence-electron chi connectivity index (χ2n) is 8.96. The summed E-state index contributed by atoms with van der Waals surface area (Å²) in [5.41, 5.74) is 2.38. The van der Waals surface area contributed by atoms with Gasteiger partial charge in [-0.25, -0.2) is 4.79 Å². The molecule has 2 heterocycles. The van der Waals surface area contributed by atoms with Crippen LogP contribution >= 0.6 is 0 Å². The van der Waals surface area contributed by atoms with Crippen LogP contribution in [-0.4, -0.2) is 46.0 Å². The normalized spacial score (nSPS) is 16.4. The maximum Gasteiger partial charge on any atom is 0.328 e. The van der Waals surface area contributed by atoms with Gasteiger partial charge in [-0.1, -0.05) is 30.7 Å². The number of aromatic nitrogens is 2. The standard InChI is InChI=1S/C26H32N4O3/c1-19-9-8-10-21(17-19)29-16-15-28(18-20(29)2)24(31)13-4-3-7-14-30-25(32)22-11-5-6-12-23(22)27-26(30)33/h5-6,8-12,17,20H,3-4,7,13-16,18H2,1-2H3,(H,27,33). The zero-order valence-electron chi connectivity index (χ0n) is 19.4. The van der Waals surface area contributed by atoms with Gasteiger partial charge in [0, 0.05) is 44.3 Å². The highest BCUT2D eigenvalue weighted by Crippen LogP contribution is 2.22. The lowest BCUT2D eigenvalue weighted by Crippen LogP contribution is -2.53. The lowest BCUT2D eigenvalue weighted by Gasteiger charge is -2.41. The van der Waals surface area contributed by atoms with E-state index in [1.165, 1.54) is 15.8 Å². The molecule has 1 unspecified atom stereocenters. The third-order valence-corrected chi connectivity index (χ3v) is 6.48. The molecule has 1 fully saturated rings. The molecule has 7 heteroatoms. The van der Waals surface area contributed by atoms with Crippen LogP contribution < -0.4 is 16.1 Å². The third kappa shape index (κ3) is 5.18. The van der Waals surface area contributed by atoms with Gasteiger partial charge in [-0.15, -0.1) is 0 Å². The van der Waals surface area contributed by atoms with Crippen molar-refractivity contribution in [1.82, 2.24) is 14.5 Å². The number of carbonyl (C=O) groups is 1. The second kappa shape index (κ2) is 10.1. The van der Waals surface area contributed by atoms with Crippen molar-refractivity contribution in [3.8, 4) is 0 Å². The highest BCUT2D eigenvalue weighted by Gasteiger charge is 2.26. The van der Waals surface area contributed by atoms with Crippen molar-refractivity contribution < 1.29 is 4.79 Å². The summed E-state index contributed by atoms with van der Waals surface area (Å²) in [6, 6.07) is 15.8. The summed E-state index contributed by atoms with van der Waals surface area (Å²) in [4.78, 5) is 44.7. The van der Waals surface area contributed by atoms with Gasteiger partial charge in [-0.05, 0) is 56.5 Å². The number of carbonyl (C=O) groups excluding carboxylic acids is 1. The minimum atomic E-state index is -0.379. The van der Waals surface area contributed by atoms with E-state index in [4.69, 9.17) is 0 Å². The summed E-state index contributed by atoms with van der Waals surface area (Å²) in [5.74, 6) is 0.187. The largest absolute Gasteiger partial charge is 0.365 e. The number of hydrogen-bond acceptors (Lipinski definition) is 4. The molecule has 7 nitrogen and oxygen atoms in total. The third-order valence-electron chi connectivity index (χ3n) is 6.48. The molecule has 1 N–H and O–H groups in total. The number of nitrogens with one attached hydrogen (secondary N) is 1. The maximum atomic E-state index is 12.7. The van der Waals surface area contributed by atoms with E-state index in [9.17, 15) is 14.4 Å². The highest BCUT2D eigenvalue weighted by molar-refractivity contribution is 5.77. The predicted molar refractivity (Wildman–Crippen MR) is 132 cm³/mol. The van der Waals surface area contributed by atoms with Gasteiger partial charge in [0.15, 0.2) is 0 Å². The Balaban J connectivity index is 1.24. The smallest absolute Gasteiger partial charge is 0.328 e. The van der Waals surface area contributed by atoms with Crippen LogP contribution in [0.3, 0.4) is 0 Å². The lowest BCUT2D eigenvalue weighted by molar-refractivity contribution is -0.132. The number of hydrogen-bond donors (Lipinski definition) is 1. The van der Waals surface area contributed by atoms with Crippen molar-refractivity contribution in [2.45, 2.75) is 52.1 Å². The molecular formula is C26H32N4O3. The summed E-state index contributed by atoms with van der Waals surface area (Å²) in [6.45, 7) is 6.93. The van der Waals surface area contributed by atoms with E-state index in [0.29, 0.717) is 30.3 Å². The number of para-hydroxylation sites is 1. The average molecular weight is 449 g/mol. The average Bonchev–Trinajstić information content (AvgIpc) is 2.80. The molecular weight excluding hydrogens is 416 g/mol. The Morgan fingerprint density at radius 3 is 2.64 bits per heavy atom. The van der Waals surface area contributed by atoms with Crippen molar-refractivity contribution in [2.75, 3.05) is 24.5 Å². The SMILES string of the molecule is Cc1cccc(N2CCN(C(=O)CCCCCn3c(=O)[nH]c4ccccc4c3=O)CC2C)c1. The summed E-state index contributed by atoms with van der Waals surface area (Å²) in [6.07, 6.45) is 2.74. The molecule has 3 aromatic rings. The van der Waals surface area contributed by atoms with E-state index in [-0.39, 0.29) is 23.2 Å². The molecule has 1 aliphatic heterocycles. The van der Waals surface area contributed by atoms with E-state index >= 15 is 0 Å². The summed E-state index contributed by atoms with van der Waals surface area (Å²) in [7, 11) is 0. The van der Waals surface area contributed by atoms with Crippen LogP contribution in [0.2, 0.25) is 0 Å². The van der Waals surface area contributed by atoms with Gasteiger partial charge >= 0.3 is 5.69 Å². The Hall–Kier alpha value is -3.35.